The van der Waals surface area contributed by atoms with E-state index in [2.05, 4.69) is 0 Å². The minimum atomic E-state index is -0.394. The van der Waals surface area contributed by atoms with E-state index in [4.69, 9.17) is 4.74 Å². The summed E-state index contributed by atoms with van der Waals surface area (Å²) in [5.74, 6) is -0.434. The van der Waals surface area contributed by atoms with Crippen LogP contribution in [0.15, 0.2) is 48.7 Å². The Kier molecular flexibility index (Phi) is 4.72. The molecule has 0 amide bonds. The molecule has 0 aliphatic heterocycles. The molecule has 4 nitrogen and oxygen atoms in total. The molecular weight excluding hydrogens is 266 g/mol. The molecule has 0 unspecified atom stereocenters. The van der Waals surface area contributed by atoms with Crippen LogP contribution >= 0.6 is 0 Å². The fourth-order valence-corrected chi connectivity index (χ4v) is 1.97. The maximum Gasteiger partial charge on any atom is 0.330 e. The van der Waals surface area contributed by atoms with Gasteiger partial charge in [-0.2, -0.15) is 0 Å². The molecule has 0 spiro atoms. The minimum Gasteiger partial charge on any atom is -0.463 e. The van der Waals surface area contributed by atoms with Crippen molar-refractivity contribution in [3.8, 4) is 0 Å². The summed E-state index contributed by atoms with van der Waals surface area (Å²) < 4.78 is 6.62. The SMILES string of the molecule is CCOC(=O)C=Cc1cc(C(=O)c2ccccc2)cn1C. The molecular formula is C17H17NO3. The van der Waals surface area contributed by atoms with Crippen molar-refractivity contribution in [2.45, 2.75) is 6.92 Å². The second-order valence-electron chi connectivity index (χ2n) is 4.55. The van der Waals surface area contributed by atoms with Crippen molar-refractivity contribution in [3.05, 3.63) is 65.5 Å². The van der Waals surface area contributed by atoms with E-state index in [1.54, 1.807) is 42.0 Å². The number of esters is 1. The van der Waals surface area contributed by atoms with Crippen molar-refractivity contribution in [1.82, 2.24) is 4.57 Å². The maximum absolute atomic E-state index is 12.3. The summed E-state index contributed by atoms with van der Waals surface area (Å²) in [5, 5.41) is 0. The predicted octanol–water partition coefficient (Wildman–Crippen LogP) is 2.83. The molecule has 1 heterocycles. The molecule has 108 valence electrons. The number of hydrogen-bond acceptors (Lipinski definition) is 3. The first-order valence-corrected chi connectivity index (χ1v) is 6.72. The summed E-state index contributed by atoms with van der Waals surface area (Å²) in [5.41, 5.74) is 2.00. The molecule has 4 heteroatoms. The number of aromatic nitrogens is 1. The number of aryl methyl sites for hydroxylation is 1. The summed E-state index contributed by atoms with van der Waals surface area (Å²) in [4.78, 5) is 23.6. The summed E-state index contributed by atoms with van der Waals surface area (Å²) in [7, 11) is 1.83. The van der Waals surface area contributed by atoms with Crippen molar-refractivity contribution in [2.24, 2.45) is 7.05 Å². The third-order valence-corrected chi connectivity index (χ3v) is 3.02. The van der Waals surface area contributed by atoms with E-state index in [1.165, 1.54) is 6.08 Å². The molecule has 0 saturated carbocycles. The van der Waals surface area contributed by atoms with Crippen molar-refractivity contribution >= 4 is 17.8 Å². The van der Waals surface area contributed by atoms with Crippen LogP contribution in [0.25, 0.3) is 6.08 Å². The van der Waals surface area contributed by atoms with E-state index < -0.39 is 5.97 Å². The molecule has 0 N–H and O–H groups in total. The fraction of sp³-hybridized carbons (Fsp3) is 0.176. The Morgan fingerprint density at radius 3 is 2.57 bits per heavy atom. The topological polar surface area (TPSA) is 48.3 Å². The normalized spacial score (nSPS) is 10.8. The van der Waals surface area contributed by atoms with Gasteiger partial charge in [0.25, 0.3) is 0 Å². The summed E-state index contributed by atoms with van der Waals surface area (Å²) in [6.45, 7) is 2.10. The number of ether oxygens (including phenoxy) is 1. The van der Waals surface area contributed by atoms with Crippen molar-refractivity contribution in [2.75, 3.05) is 6.61 Å². The van der Waals surface area contributed by atoms with Gasteiger partial charge in [-0.25, -0.2) is 4.79 Å². The van der Waals surface area contributed by atoms with Crippen molar-refractivity contribution in [1.29, 1.82) is 0 Å². The van der Waals surface area contributed by atoms with E-state index in [1.807, 2.05) is 25.2 Å². The summed E-state index contributed by atoms with van der Waals surface area (Å²) in [6, 6.07) is 10.8. The van der Waals surface area contributed by atoms with Gasteiger partial charge in [0.1, 0.15) is 0 Å². The van der Waals surface area contributed by atoms with E-state index in [9.17, 15) is 9.59 Å². The fourth-order valence-electron chi connectivity index (χ4n) is 1.97. The molecule has 0 atom stereocenters. The van der Waals surface area contributed by atoms with Crippen LogP contribution in [-0.4, -0.2) is 22.9 Å². The average Bonchev–Trinajstić information content (AvgIpc) is 2.87. The summed E-state index contributed by atoms with van der Waals surface area (Å²) in [6.07, 6.45) is 4.75. The Hall–Kier alpha value is -2.62. The lowest BCUT2D eigenvalue weighted by Crippen LogP contribution is -1.99. The number of rotatable bonds is 5. The highest BCUT2D eigenvalue weighted by Gasteiger charge is 2.11. The van der Waals surface area contributed by atoms with Gasteiger partial charge in [-0.1, -0.05) is 30.3 Å². The van der Waals surface area contributed by atoms with Gasteiger partial charge in [0, 0.05) is 36.1 Å². The van der Waals surface area contributed by atoms with E-state index >= 15 is 0 Å². The minimum absolute atomic E-state index is 0.0398. The van der Waals surface area contributed by atoms with Crippen LogP contribution in [0.3, 0.4) is 0 Å². The lowest BCUT2D eigenvalue weighted by molar-refractivity contribution is -0.137. The third-order valence-electron chi connectivity index (χ3n) is 3.02. The molecule has 0 aliphatic rings. The number of carbonyl (C=O) groups excluding carboxylic acids is 2. The van der Waals surface area contributed by atoms with Gasteiger partial charge in [0.2, 0.25) is 0 Å². The zero-order valence-electron chi connectivity index (χ0n) is 12.1. The Bertz CT molecular complexity index is 669. The molecule has 0 bridgehead atoms. The Morgan fingerprint density at radius 1 is 1.19 bits per heavy atom. The van der Waals surface area contributed by atoms with E-state index in [-0.39, 0.29) is 5.78 Å². The predicted molar refractivity (Wildman–Crippen MR) is 81.0 cm³/mol. The van der Waals surface area contributed by atoms with Crippen LogP contribution in [0.1, 0.15) is 28.5 Å². The van der Waals surface area contributed by atoms with Gasteiger partial charge in [-0.05, 0) is 19.1 Å². The first kappa shape index (κ1) is 14.8. The highest BCUT2D eigenvalue weighted by Crippen LogP contribution is 2.14. The van der Waals surface area contributed by atoms with Crippen LogP contribution in [0, 0.1) is 0 Å². The van der Waals surface area contributed by atoms with Gasteiger partial charge in [0.05, 0.1) is 6.61 Å². The average molecular weight is 283 g/mol. The second-order valence-corrected chi connectivity index (χ2v) is 4.55. The van der Waals surface area contributed by atoms with Crippen LogP contribution in [-0.2, 0) is 16.6 Å². The standard InChI is InChI=1S/C17H17NO3/c1-3-21-16(19)10-9-15-11-14(12-18(15)2)17(20)13-7-5-4-6-8-13/h4-12H,3H2,1-2H3. The monoisotopic (exact) mass is 283 g/mol. The highest BCUT2D eigenvalue weighted by molar-refractivity contribution is 6.09. The van der Waals surface area contributed by atoms with Crippen molar-refractivity contribution in [3.63, 3.8) is 0 Å². The largest absolute Gasteiger partial charge is 0.463 e. The van der Waals surface area contributed by atoms with Crippen LogP contribution in [0.4, 0.5) is 0 Å². The molecule has 0 fully saturated rings. The third kappa shape index (κ3) is 3.69. The molecule has 0 saturated heterocycles. The first-order valence-electron chi connectivity index (χ1n) is 6.72. The highest BCUT2D eigenvalue weighted by atomic mass is 16.5. The van der Waals surface area contributed by atoms with E-state index in [0.717, 1.165) is 5.69 Å². The molecule has 0 aliphatic carbocycles. The van der Waals surface area contributed by atoms with Gasteiger partial charge in [-0.3, -0.25) is 4.79 Å². The van der Waals surface area contributed by atoms with Crippen LogP contribution in [0.5, 0.6) is 0 Å². The van der Waals surface area contributed by atoms with Crippen molar-refractivity contribution < 1.29 is 14.3 Å². The van der Waals surface area contributed by atoms with Crippen LogP contribution < -0.4 is 0 Å². The number of carbonyl (C=O) groups is 2. The Labute approximate surface area is 123 Å². The van der Waals surface area contributed by atoms with Crippen LogP contribution in [0.2, 0.25) is 0 Å². The van der Waals surface area contributed by atoms with Gasteiger partial charge in [-0.15, -0.1) is 0 Å². The van der Waals surface area contributed by atoms with Gasteiger partial charge < -0.3 is 9.30 Å². The van der Waals surface area contributed by atoms with E-state index in [0.29, 0.717) is 17.7 Å². The number of nitrogens with zero attached hydrogens (tertiary/aromatic N) is 1. The molecule has 1 aromatic heterocycles. The smallest absolute Gasteiger partial charge is 0.330 e. The Balaban J connectivity index is 2.20. The number of hydrogen-bond donors (Lipinski definition) is 0. The summed E-state index contributed by atoms with van der Waals surface area (Å²) >= 11 is 0. The molecule has 2 rings (SSSR count). The zero-order chi connectivity index (χ0) is 15.2. The second kappa shape index (κ2) is 6.70. The Morgan fingerprint density at radius 2 is 1.90 bits per heavy atom. The van der Waals surface area contributed by atoms with Gasteiger partial charge >= 0.3 is 5.97 Å². The van der Waals surface area contributed by atoms with Gasteiger partial charge in [0.15, 0.2) is 5.78 Å². The lowest BCUT2D eigenvalue weighted by Gasteiger charge is -1.96. The molecule has 2 aromatic rings. The molecule has 1 aromatic carbocycles. The number of ketones is 1. The lowest BCUT2D eigenvalue weighted by atomic mass is 10.1. The number of benzene rings is 1. The zero-order valence-corrected chi connectivity index (χ0v) is 12.1. The molecule has 21 heavy (non-hydrogen) atoms. The quantitative estimate of drug-likeness (QED) is 0.481. The first-order chi connectivity index (χ1) is 10.1. The maximum atomic E-state index is 12.3. The molecule has 0 radical (unpaired) electrons.